The van der Waals surface area contributed by atoms with Crippen molar-refractivity contribution in [3.8, 4) is 0 Å². The summed E-state index contributed by atoms with van der Waals surface area (Å²) in [6.45, 7) is 5.66. The lowest BCUT2D eigenvalue weighted by Gasteiger charge is -2.02. The number of H-pyrrole nitrogens is 1. The molecule has 0 radical (unpaired) electrons. The number of carbonyl (C=O) groups is 2. The van der Waals surface area contributed by atoms with Gasteiger partial charge in [0.25, 0.3) is 5.91 Å². The number of carbonyl (C=O) groups excluding carboxylic acids is 2. The van der Waals surface area contributed by atoms with Gasteiger partial charge in [0.2, 0.25) is 0 Å². The largest absolute Gasteiger partial charge is 0.462 e. The highest BCUT2D eigenvalue weighted by molar-refractivity contribution is 9.10. The number of benzene rings is 1. The fraction of sp³-hybridized carbons (Fsp3) is 0.235. The van der Waals surface area contributed by atoms with E-state index in [0.29, 0.717) is 33.6 Å². The Morgan fingerprint density at radius 2 is 2.04 bits per heavy atom. The van der Waals surface area contributed by atoms with Crippen LogP contribution in [0.2, 0.25) is 0 Å². The van der Waals surface area contributed by atoms with Crippen LogP contribution in [0, 0.1) is 13.8 Å². The number of rotatable bonds is 5. The molecule has 0 bridgehead atoms. The standard InChI is InChI=1S/C17H18BrN3O3/c1-4-24-17(23)15-10(2)14(20-11(15)3)9-19-21-16(22)12-7-5-6-8-13(12)18/h5-9,20H,4H2,1-3H3,(H,21,22)/b19-9+. The minimum Gasteiger partial charge on any atom is -0.462 e. The van der Waals surface area contributed by atoms with E-state index < -0.39 is 0 Å². The molecule has 0 aliphatic carbocycles. The van der Waals surface area contributed by atoms with E-state index in [1.54, 1.807) is 39.0 Å². The Hall–Kier alpha value is -2.41. The van der Waals surface area contributed by atoms with Crippen molar-refractivity contribution in [3.05, 3.63) is 56.8 Å². The van der Waals surface area contributed by atoms with Gasteiger partial charge in [-0.25, -0.2) is 10.2 Å². The summed E-state index contributed by atoms with van der Waals surface area (Å²) in [7, 11) is 0. The number of halogens is 1. The van der Waals surface area contributed by atoms with Gasteiger partial charge in [0, 0.05) is 10.2 Å². The van der Waals surface area contributed by atoms with Crippen LogP contribution in [0.15, 0.2) is 33.8 Å². The summed E-state index contributed by atoms with van der Waals surface area (Å²) in [6, 6.07) is 7.07. The number of aromatic nitrogens is 1. The summed E-state index contributed by atoms with van der Waals surface area (Å²) in [5, 5.41) is 3.95. The number of amides is 1. The van der Waals surface area contributed by atoms with Crippen LogP contribution in [0.5, 0.6) is 0 Å². The third-order valence-corrected chi connectivity index (χ3v) is 4.13. The minimum absolute atomic E-state index is 0.314. The van der Waals surface area contributed by atoms with Crippen LogP contribution in [0.1, 0.15) is 44.6 Å². The maximum Gasteiger partial charge on any atom is 0.340 e. The Labute approximate surface area is 148 Å². The van der Waals surface area contributed by atoms with Crippen molar-refractivity contribution in [2.24, 2.45) is 5.10 Å². The first-order valence-corrected chi connectivity index (χ1v) is 8.19. The van der Waals surface area contributed by atoms with E-state index in [9.17, 15) is 9.59 Å². The Balaban J connectivity index is 2.13. The molecule has 2 rings (SSSR count). The van der Waals surface area contributed by atoms with E-state index in [-0.39, 0.29) is 11.9 Å². The second kappa shape index (κ2) is 7.92. The summed E-state index contributed by atoms with van der Waals surface area (Å²) >= 11 is 3.32. The van der Waals surface area contributed by atoms with E-state index in [1.807, 2.05) is 6.07 Å². The number of hydrogen-bond acceptors (Lipinski definition) is 4. The number of hydrogen-bond donors (Lipinski definition) is 2. The van der Waals surface area contributed by atoms with Gasteiger partial charge in [-0.1, -0.05) is 12.1 Å². The molecule has 0 spiro atoms. The molecule has 2 N–H and O–H groups in total. The molecule has 0 saturated carbocycles. The number of aromatic amines is 1. The van der Waals surface area contributed by atoms with Crippen LogP contribution in [-0.4, -0.2) is 29.7 Å². The predicted octanol–water partition coefficient (Wildman–Crippen LogP) is 3.33. The number of nitrogens with zero attached hydrogens (tertiary/aromatic N) is 1. The zero-order chi connectivity index (χ0) is 17.7. The molecule has 6 nitrogen and oxygen atoms in total. The molecule has 24 heavy (non-hydrogen) atoms. The molecular weight excluding hydrogens is 374 g/mol. The molecule has 0 aliphatic heterocycles. The Morgan fingerprint density at radius 1 is 1.33 bits per heavy atom. The topological polar surface area (TPSA) is 83.6 Å². The second-order valence-corrected chi connectivity index (χ2v) is 5.92. The van der Waals surface area contributed by atoms with Gasteiger partial charge in [-0.2, -0.15) is 5.10 Å². The van der Waals surface area contributed by atoms with Crippen molar-refractivity contribution in [1.82, 2.24) is 10.4 Å². The van der Waals surface area contributed by atoms with Crippen LogP contribution in [-0.2, 0) is 4.74 Å². The molecular formula is C17H18BrN3O3. The van der Waals surface area contributed by atoms with Gasteiger partial charge < -0.3 is 9.72 Å². The van der Waals surface area contributed by atoms with Crippen molar-refractivity contribution in [2.75, 3.05) is 6.61 Å². The highest BCUT2D eigenvalue weighted by Crippen LogP contribution is 2.18. The quantitative estimate of drug-likeness (QED) is 0.465. The lowest BCUT2D eigenvalue weighted by atomic mass is 10.1. The van der Waals surface area contributed by atoms with Gasteiger partial charge >= 0.3 is 5.97 Å². The van der Waals surface area contributed by atoms with Crippen LogP contribution in [0.25, 0.3) is 0 Å². The van der Waals surface area contributed by atoms with E-state index in [4.69, 9.17) is 4.74 Å². The number of esters is 1. The van der Waals surface area contributed by atoms with Crippen molar-refractivity contribution in [1.29, 1.82) is 0 Å². The Morgan fingerprint density at radius 3 is 2.71 bits per heavy atom. The average Bonchev–Trinajstić information content (AvgIpc) is 2.82. The Kier molecular flexibility index (Phi) is 5.92. The van der Waals surface area contributed by atoms with Crippen molar-refractivity contribution < 1.29 is 14.3 Å². The van der Waals surface area contributed by atoms with Gasteiger partial charge in [-0.15, -0.1) is 0 Å². The van der Waals surface area contributed by atoms with Gasteiger partial charge in [-0.3, -0.25) is 4.79 Å². The summed E-state index contributed by atoms with van der Waals surface area (Å²) in [5.41, 5.74) is 5.51. The first-order valence-electron chi connectivity index (χ1n) is 7.39. The molecule has 7 heteroatoms. The number of aryl methyl sites for hydroxylation is 1. The van der Waals surface area contributed by atoms with Crippen molar-refractivity contribution >= 4 is 34.0 Å². The fourth-order valence-electron chi connectivity index (χ4n) is 2.27. The maximum atomic E-state index is 12.1. The SMILES string of the molecule is CCOC(=O)c1c(C)[nH]c(/C=N/NC(=O)c2ccccc2Br)c1C. The third kappa shape index (κ3) is 3.91. The van der Waals surface area contributed by atoms with Crippen molar-refractivity contribution in [2.45, 2.75) is 20.8 Å². The third-order valence-electron chi connectivity index (χ3n) is 3.43. The zero-order valence-electron chi connectivity index (χ0n) is 13.6. The van der Waals surface area contributed by atoms with Crippen LogP contribution in [0.3, 0.4) is 0 Å². The highest BCUT2D eigenvalue weighted by Gasteiger charge is 2.18. The monoisotopic (exact) mass is 391 g/mol. The molecule has 1 amide bonds. The summed E-state index contributed by atoms with van der Waals surface area (Å²) in [4.78, 5) is 27.1. The minimum atomic E-state index is -0.374. The molecule has 0 unspecified atom stereocenters. The van der Waals surface area contributed by atoms with Gasteiger partial charge in [0.05, 0.1) is 29.6 Å². The summed E-state index contributed by atoms with van der Waals surface area (Å²) in [5.74, 6) is -0.703. The maximum absolute atomic E-state index is 12.1. The molecule has 0 fully saturated rings. The highest BCUT2D eigenvalue weighted by atomic mass is 79.9. The zero-order valence-corrected chi connectivity index (χ0v) is 15.2. The molecule has 1 aromatic carbocycles. The molecule has 0 saturated heterocycles. The predicted molar refractivity (Wildman–Crippen MR) is 95.4 cm³/mol. The van der Waals surface area contributed by atoms with Crippen LogP contribution >= 0.6 is 15.9 Å². The van der Waals surface area contributed by atoms with E-state index in [0.717, 1.165) is 5.56 Å². The first kappa shape index (κ1) is 17.9. The number of nitrogens with one attached hydrogen (secondary N) is 2. The smallest absolute Gasteiger partial charge is 0.340 e. The molecule has 0 aliphatic rings. The normalized spacial score (nSPS) is 10.8. The fourth-order valence-corrected chi connectivity index (χ4v) is 2.74. The van der Waals surface area contributed by atoms with E-state index in [1.165, 1.54) is 6.21 Å². The van der Waals surface area contributed by atoms with Crippen LogP contribution < -0.4 is 5.43 Å². The summed E-state index contributed by atoms with van der Waals surface area (Å²) in [6.07, 6.45) is 1.47. The second-order valence-electron chi connectivity index (χ2n) is 5.06. The lowest BCUT2D eigenvalue weighted by molar-refractivity contribution is 0.0525. The molecule has 1 aromatic heterocycles. The lowest BCUT2D eigenvalue weighted by Crippen LogP contribution is -2.18. The van der Waals surface area contributed by atoms with Crippen molar-refractivity contribution in [3.63, 3.8) is 0 Å². The molecule has 2 aromatic rings. The molecule has 126 valence electrons. The van der Waals surface area contributed by atoms with Gasteiger partial charge in [0.15, 0.2) is 0 Å². The van der Waals surface area contributed by atoms with Gasteiger partial charge in [0.1, 0.15) is 0 Å². The molecule has 1 heterocycles. The van der Waals surface area contributed by atoms with Gasteiger partial charge in [-0.05, 0) is 54.4 Å². The summed E-state index contributed by atoms with van der Waals surface area (Å²) < 4.78 is 5.73. The van der Waals surface area contributed by atoms with E-state index in [2.05, 4.69) is 31.4 Å². The first-order chi connectivity index (χ1) is 11.5. The number of hydrazone groups is 1. The number of ether oxygens (including phenoxy) is 1. The van der Waals surface area contributed by atoms with Crippen LogP contribution in [0.4, 0.5) is 0 Å². The molecule has 0 atom stereocenters. The van der Waals surface area contributed by atoms with E-state index >= 15 is 0 Å². The Bertz CT molecular complexity index is 796. The average molecular weight is 392 g/mol.